The molecule has 4 rings (SSSR count). The summed E-state index contributed by atoms with van der Waals surface area (Å²) in [5.74, 6) is 1.29. The first-order chi connectivity index (χ1) is 15.7. The molecule has 3 aromatic carbocycles. The van der Waals surface area contributed by atoms with E-state index in [1.54, 1.807) is 37.4 Å². The number of hydrogen-bond acceptors (Lipinski definition) is 6. The summed E-state index contributed by atoms with van der Waals surface area (Å²) in [6.45, 7) is 1.93. The van der Waals surface area contributed by atoms with E-state index in [2.05, 4.69) is 4.72 Å². The number of ether oxygens (including phenoxy) is 3. The van der Waals surface area contributed by atoms with Gasteiger partial charge in [-0.15, -0.1) is 0 Å². The molecular formula is C24H24N2O6S. The highest BCUT2D eigenvalue weighted by atomic mass is 32.2. The average Bonchev–Trinajstić information content (AvgIpc) is 2.88. The zero-order chi connectivity index (χ0) is 23.8. The van der Waals surface area contributed by atoms with Crippen LogP contribution in [0, 0.1) is 6.92 Å². The molecule has 1 amide bonds. The van der Waals surface area contributed by atoms with Crippen LogP contribution in [0.3, 0.4) is 0 Å². The first-order valence-electron chi connectivity index (χ1n) is 10.1. The number of hydrogen-bond donors (Lipinski definition) is 1. The van der Waals surface area contributed by atoms with Gasteiger partial charge in [0, 0.05) is 18.8 Å². The number of amides is 1. The number of benzene rings is 3. The molecule has 0 aliphatic carbocycles. The van der Waals surface area contributed by atoms with Crippen LogP contribution in [-0.4, -0.2) is 35.6 Å². The summed E-state index contributed by atoms with van der Waals surface area (Å²) in [5, 5.41) is 0. The van der Waals surface area contributed by atoms with Gasteiger partial charge in [-0.2, -0.15) is 0 Å². The maximum atomic E-state index is 13.1. The minimum absolute atomic E-state index is 0.259. The lowest BCUT2D eigenvalue weighted by atomic mass is 10.1. The van der Waals surface area contributed by atoms with Crippen molar-refractivity contribution in [3.05, 3.63) is 71.3 Å². The van der Waals surface area contributed by atoms with Crippen LogP contribution in [0.4, 0.5) is 11.4 Å². The van der Waals surface area contributed by atoms with E-state index >= 15 is 0 Å². The highest BCUT2D eigenvalue weighted by Crippen LogP contribution is 2.39. The van der Waals surface area contributed by atoms with Crippen LogP contribution >= 0.6 is 0 Å². The van der Waals surface area contributed by atoms with Gasteiger partial charge in [0.25, 0.3) is 5.91 Å². The van der Waals surface area contributed by atoms with Crippen LogP contribution in [0.15, 0.2) is 54.6 Å². The van der Waals surface area contributed by atoms with Gasteiger partial charge in [0.05, 0.1) is 31.2 Å². The molecule has 0 bridgehead atoms. The standard InChI is InChI=1S/C24H24N2O6S/c1-15-5-7-23-21(9-15)26(2)24(27)20-12-17(6-8-22(20)32-23)25-33(28,29)14-16-10-18(30-3)13-19(11-16)31-4/h5-13,25H,14H2,1-4H3. The van der Waals surface area contributed by atoms with Crippen molar-refractivity contribution in [2.75, 3.05) is 30.9 Å². The van der Waals surface area contributed by atoms with Gasteiger partial charge >= 0.3 is 0 Å². The molecule has 0 fully saturated rings. The third-order valence-electron chi connectivity index (χ3n) is 5.25. The van der Waals surface area contributed by atoms with Crippen molar-refractivity contribution in [2.45, 2.75) is 12.7 Å². The molecule has 1 heterocycles. The van der Waals surface area contributed by atoms with Gasteiger partial charge in [0.2, 0.25) is 10.0 Å². The number of anilines is 2. The van der Waals surface area contributed by atoms with Crippen LogP contribution in [0.1, 0.15) is 21.5 Å². The number of methoxy groups -OCH3 is 2. The smallest absolute Gasteiger partial charge is 0.261 e. The number of nitrogens with one attached hydrogen (secondary N) is 1. The zero-order valence-corrected chi connectivity index (χ0v) is 19.5. The molecule has 3 aromatic rings. The molecular weight excluding hydrogens is 444 g/mol. The fraction of sp³-hybridized carbons (Fsp3) is 0.208. The highest BCUT2D eigenvalue weighted by molar-refractivity contribution is 7.91. The average molecular weight is 469 g/mol. The van der Waals surface area contributed by atoms with E-state index in [4.69, 9.17) is 14.2 Å². The van der Waals surface area contributed by atoms with E-state index in [9.17, 15) is 13.2 Å². The first-order valence-corrected chi connectivity index (χ1v) is 11.8. The molecule has 1 aliphatic heterocycles. The van der Waals surface area contributed by atoms with Gasteiger partial charge in [0.1, 0.15) is 17.2 Å². The lowest BCUT2D eigenvalue weighted by molar-refractivity contribution is 0.0993. The molecule has 172 valence electrons. The van der Waals surface area contributed by atoms with Crippen LogP contribution in [0.2, 0.25) is 0 Å². The summed E-state index contributed by atoms with van der Waals surface area (Å²) in [5.41, 5.74) is 2.65. The lowest BCUT2D eigenvalue weighted by Gasteiger charge is -2.17. The third kappa shape index (κ3) is 4.73. The summed E-state index contributed by atoms with van der Waals surface area (Å²) >= 11 is 0. The first kappa shape index (κ1) is 22.5. The summed E-state index contributed by atoms with van der Waals surface area (Å²) in [6.07, 6.45) is 0. The molecule has 33 heavy (non-hydrogen) atoms. The Kier molecular flexibility index (Phi) is 5.90. The zero-order valence-electron chi connectivity index (χ0n) is 18.7. The summed E-state index contributed by atoms with van der Waals surface area (Å²) < 4.78 is 44.6. The second-order valence-electron chi connectivity index (χ2n) is 7.73. The number of sulfonamides is 1. The number of carbonyl (C=O) groups excluding carboxylic acids is 1. The maximum absolute atomic E-state index is 13.1. The summed E-state index contributed by atoms with van der Waals surface area (Å²) in [4.78, 5) is 14.6. The molecule has 0 saturated carbocycles. The van der Waals surface area contributed by atoms with Crippen LogP contribution in [-0.2, 0) is 15.8 Å². The molecule has 0 spiro atoms. The monoisotopic (exact) mass is 468 g/mol. The number of aryl methyl sites for hydroxylation is 1. The molecule has 8 nitrogen and oxygen atoms in total. The largest absolute Gasteiger partial charge is 0.497 e. The Bertz CT molecular complexity index is 1310. The van der Waals surface area contributed by atoms with Crippen molar-refractivity contribution in [2.24, 2.45) is 0 Å². The van der Waals surface area contributed by atoms with Gasteiger partial charge in [-0.1, -0.05) is 6.07 Å². The Balaban J connectivity index is 1.61. The fourth-order valence-corrected chi connectivity index (χ4v) is 4.78. The quantitative estimate of drug-likeness (QED) is 0.579. The fourth-order valence-electron chi connectivity index (χ4n) is 3.62. The summed E-state index contributed by atoms with van der Waals surface area (Å²) in [6, 6.07) is 15.1. The van der Waals surface area contributed by atoms with E-state index in [0.29, 0.717) is 34.2 Å². The summed E-state index contributed by atoms with van der Waals surface area (Å²) in [7, 11) is 0.862. The molecule has 0 atom stereocenters. The molecule has 9 heteroatoms. The Morgan fingerprint density at radius 2 is 1.61 bits per heavy atom. The Labute approximate surface area is 192 Å². The van der Waals surface area contributed by atoms with E-state index in [1.165, 1.54) is 25.2 Å². The van der Waals surface area contributed by atoms with E-state index in [1.807, 2.05) is 25.1 Å². The SMILES string of the molecule is COc1cc(CS(=O)(=O)Nc2ccc3c(c2)C(=O)N(C)c2cc(C)ccc2O3)cc(OC)c1. The number of nitrogens with zero attached hydrogens (tertiary/aromatic N) is 1. The Morgan fingerprint density at radius 1 is 0.939 bits per heavy atom. The van der Waals surface area contributed by atoms with Gasteiger partial charge in [-0.3, -0.25) is 9.52 Å². The predicted molar refractivity (Wildman–Crippen MR) is 126 cm³/mol. The van der Waals surface area contributed by atoms with Crippen LogP contribution in [0.5, 0.6) is 23.0 Å². The van der Waals surface area contributed by atoms with Crippen molar-refractivity contribution in [1.82, 2.24) is 0 Å². The number of fused-ring (bicyclic) bond motifs is 2. The van der Waals surface area contributed by atoms with E-state index in [0.717, 1.165) is 5.56 Å². The lowest BCUT2D eigenvalue weighted by Crippen LogP contribution is -2.25. The third-order valence-corrected chi connectivity index (χ3v) is 6.51. The van der Waals surface area contributed by atoms with Crippen molar-refractivity contribution >= 4 is 27.3 Å². The molecule has 0 saturated heterocycles. The molecule has 0 radical (unpaired) electrons. The van der Waals surface area contributed by atoms with Crippen LogP contribution < -0.4 is 23.8 Å². The number of carbonyl (C=O) groups is 1. The van der Waals surface area contributed by atoms with Crippen molar-refractivity contribution in [3.8, 4) is 23.0 Å². The highest BCUT2D eigenvalue weighted by Gasteiger charge is 2.26. The molecule has 1 aliphatic rings. The van der Waals surface area contributed by atoms with Crippen molar-refractivity contribution < 1.29 is 27.4 Å². The van der Waals surface area contributed by atoms with Gasteiger partial charge < -0.3 is 19.1 Å². The van der Waals surface area contributed by atoms with Crippen LogP contribution in [0.25, 0.3) is 0 Å². The Hall–Kier alpha value is -3.72. The van der Waals surface area contributed by atoms with E-state index < -0.39 is 10.0 Å². The molecule has 1 N–H and O–H groups in total. The van der Waals surface area contributed by atoms with Gasteiger partial charge in [-0.25, -0.2) is 8.42 Å². The minimum atomic E-state index is -3.79. The molecule has 0 aromatic heterocycles. The van der Waals surface area contributed by atoms with E-state index in [-0.39, 0.29) is 22.9 Å². The maximum Gasteiger partial charge on any atom is 0.261 e. The minimum Gasteiger partial charge on any atom is -0.497 e. The van der Waals surface area contributed by atoms with Crippen molar-refractivity contribution in [3.63, 3.8) is 0 Å². The van der Waals surface area contributed by atoms with Gasteiger partial charge in [0.15, 0.2) is 5.75 Å². The number of rotatable bonds is 6. The topological polar surface area (TPSA) is 94.2 Å². The second kappa shape index (κ2) is 8.67. The Morgan fingerprint density at radius 3 is 2.27 bits per heavy atom. The van der Waals surface area contributed by atoms with Crippen molar-refractivity contribution in [1.29, 1.82) is 0 Å². The predicted octanol–water partition coefficient (Wildman–Crippen LogP) is 4.34. The normalized spacial score (nSPS) is 12.8. The van der Waals surface area contributed by atoms with Gasteiger partial charge in [-0.05, 0) is 60.5 Å². The second-order valence-corrected chi connectivity index (χ2v) is 9.45. The molecule has 0 unspecified atom stereocenters.